The minimum absolute atomic E-state index is 0.111. The third-order valence-corrected chi connectivity index (χ3v) is 4.13. The maximum absolute atomic E-state index is 12.0. The Bertz CT molecular complexity index is 432. The van der Waals surface area contributed by atoms with Gasteiger partial charge in [-0.15, -0.1) is 0 Å². The summed E-state index contributed by atoms with van der Waals surface area (Å²) in [7, 11) is 0. The molecule has 1 saturated heterocycles. The molecule has 5 nitrogen and oxygen atoms in total. The number of piperidine rings is 1. The number of nitrogens with one attached hydrogen (secondary N) is 2. The van der Waals surface area contributed by atoms with Gasteiger partial charge in [0.1, 0.15) is 0 Å². The molecule has 1 aliphatic heterocycles. The molecule has 2 aliphatic rings. The summed E-state index contributed by atoms with van der Waals surface area (Å²) in [6.07, 6.45) is 8.22. The molecule has 0 radical (unpaired) electrons. The molecule has 1 aliphatic carbocycles. The molecule has 2 N–H and O–H groups in total. The van der Waals surface area contributed by atoms with Crippen LogP contribution in [0.5, 0.6) is 0 Å². The van der Waals surface area contributed by atoms with E-state index in [1.54, 1.807) is 6.20 Å². The van der Waals surface area contributed by atoms with E-state index in [-0.39, 0.29) is 5.91 Å². The van der Waals surface area contributed by atoms with Crippen molar-refractivity contribution in [2.24, 2.45) is 0 Å². The monoisotopic (exact) mass is 263 g/mol. The second-order valence-electron chi connectivity index (χ2n) is 5.54. The molecular formula is C14H21N3O2. The van der Waals surface area contributed by atoms with Gasteiger partial charge in [0.2, 0.25) is 5.76 Å². The van der Waals surface area contributed by atoms with Crippen molar-refractivity contribution in [3.63, 3.8) is 0 Å². The van der Waals surface area contributed by atoms with Crippen LogP contribution in [0.25, 0.3) is 0 Å². The van der Waals surface area contributed by atoms with E-state index in [1.165, 1.54) is 12.8 Å². The van der Waals surface area contributed by atoms with Gasteiger partial charge in [-0.1, -0.05) is 12.8 Å². The summed E-state index contributed by atoms with van der Waals surface area (Å²) < 4.78 is 5.64. The molecule has 0 bridgehead atoms. The Labute approximate surface area is 113 Å². The van der Waals surface area contributed by atoms with Crippen LogP contribution < -0.4 is 10.6 Å². The van der Waals surface area contributed by atoms with Crippen LogP contribution in [0.2, 0.25) is 0 Å². The number of amides is 1. The normalized spacial score (nSPS) is 21.7. The third kappa shape index (κ3) is 2.97. The number of hydrogen-bond acceptors (Lipinski definition) is 4. The standard InChI is InChI=1S/C14H21N3O2/c18-13(17-11-3-1-2-4-11)12-9-16-14(19-12)10-5-7-15-8-6-10/h9-11,15H,1-8H2,(H,17,18). The maximum atomic E-state index is 12.0. The van der Waals surface area contributed by atoms with Gasteiger partial charge in [-0.05, 0) is 38.8 Å². The molecule has 1 aromatic heterocycles. The summed E-state index contributed by atoms with van der Waals surface area (Å²) in [5.74, 6) is 1.33. The lowest BCUT2D eigenvalue weighted by Crippen LogP contribution is -2.32. The molecule has 0 aromatic carbocycles. The molecule has 1 saturated carbocycles. The Morgan fingerprint density at radius 1 is 1.26 bits per heavy atom. The Hall–Kier alpha value is -1.36. The maximum Gasteiger partial charge on any atom is 0.288 e. The van der Waals surface area contributed by atoms with Crippen LogP contribution >= 0.6 is 0 Å². The first-order valence-electron chi connectivity index (χ1n) is 7.30. The molecule has 1 amide bonds. The summed E-state index contributed by atoms with van der Waals surface area (Å²) in [5, 5.41) is 6.34. The number of hydrogen-bond donors (Lipinski definition) is 2. The Kier molecular flexibility index (Phi) is 3.82. The smallest absolute Gasteiger partial charge is 0.288 e. The highest BCUT2D eigenvalue weighted by molar-refractivity contribution is 5.91. The van der Waals surface area contributed by atoms with Crippen molar-refractivity contribution in [2.45, 2.75) is 50.5 Å². The van der Waals surface area contributed by atoms with Gasteiger partial charge in [-0.25, -0.2) is 4.98 Å². The fourth-order valence-electron chi connectivity index (χ4n) is 2.98. The second kappa shape index (κ2) is 5.74. The van der Waals surface area contributed by atoms with Gasteiger partial charge in [-0.2, -0.15) is 0 Å². The zero-order valence-electron chi connectivity index (χ0n) is 11.2. The summed E-state index contributed by atoms with van der Waals surface area (Å²) in [6.45, 7) is 1.99. The van der Waals surface area contributed by atoms with Crippen LogP contribution in [0, 0.1) is 0 Å². The third-order valence-electron chi connectivity index (χ3n) is 4.13. The average molecular weight is 263 g/mol. The highest BCUT2D eigenvalue weighted by Gasteiger charge is 2.23. The first kappa shape index (κ1) is 12.7. The van der Waals surface area contributed by atoms with Crippen molar-refractivity contribution in [1.82, 2.24) is 15.6 Å². The molecule has 5 heteroatoms. The van der Waals surface area contributed by atoms with Crippen LogP contribution in [0.4, 0.5) is 0 Å². The lowest BCUT2D eigenvalue weighted by atomic mass is 9.98. The SMILES string of the molecule is O=C(NC1CCCC1)c1cnc(C2CCNCC2)o1. The van der Waals surface area contributed by atoms with Crippen LogP contribution in [0.15, 0.2) is 10.6 Å². The molecular weight excluding hydrogens is 242 g/mol. The molecule has 0 atom stereocenters. The quantitative estimate of drug-likeness (QED) is 0.873. The van der Waals surface area contributed by atoms with Gasteiger partial charge in [0, 0.05) is 12.0 Å². The van der Waals surface area contributed by atoms with Crippen molar-refractivity contribution in [2.75, 3.05) is 13.1 Å². The first-order chi connectivity index (χ1) is 9.33. The van der Waals surface area contributed by atoms with E-state index in [1.807, 2.05) is 0 Å². The summed E-state index contributed by atoms with van der Waals surface area (Å²) in [4.78, 5) is 16.3. The number of carbonyl (C=O) groups is 1. The number of rotatable bonds is 3. The number of nitrogens with zero attached hydrogens (tertiary/aromatic N) is 1. The summed E-state index contributed by atoms with van der Waals surface area (Å²) >= 11 is 0. The highest BCUT2D eigenvalue weighted by Crippen LogP contribution is 2.25. The predicted octanol–water partition coefficient (Wildman–Crippen LogP) is 1.81. The molecule has 0 spiro atoms. The minimum atomic E-state index is -0.111. The topological polar surface area (TPSA) is 67.2 Å². The molecule has 19 heavy (non-hydrogen) atoms. The molecule has 3 rings (SSSR count). The van der Waals surface area contributed by atoms with E-state index in [4.69, 9.17) is 4.42 Å². The predicted molar refractivity (Wildman–Crippen MR) is 71.1 cm³/mol. The van der Waals surface area contributed by atoms with Crippen molar-refractivity contribution in [1.29, 1.82) is 0 Å². The minimum Gasteiger partial charge on any atom is -0.435 e. The van der Waals surface area contributed by atoms with E-state index in [9.17, 15) is 4.79 Å². The highest BCUT2D eigenvalue weighted by atomic mass is 16.4. The molecule has 2 heterocycles. The van der Waals surface area contributed by atoms with Crippen molar-refractivity contribution in [3.05, 3.63) is 17.8 Å². The largest absolute Gasteiger partial charge is 0.435 e. The zero-order chi connectivity index (χ0) is 13.1. The van der Waals surface area contributed by atoms with E-state index in [0.717, 1.165) is 44.7 Å². The van der Waals surface area contributed by atoms with Gasteiger partial charge >= 0.3 is 0 Å². The lowest BCUT2D eigenvalue weighted by molar-refractivity contribution is 0.0907. The Morgan fingerprint density at radius 2 is 2.00 bits per heavy atom. The van der Waals surface area contributed by atoms with Gasteiger partial charge in [-0.3, -0.25) is 4.79 Å². The van der Waals surface area contributed by atoms with E-state index >= 15 is 0 Å². The van der Waals surface area contributed by atoms with Crippen molar-refractivity contribution in [3.8, 4) is 0 Å². The summed E-state index contributed by atoms with van der Waals surface area (Å²) in [6, 6.07) is 0.319. The average Bonchev–Trinajstić information content (AvgIpc) is 3.10. The Morgan fingerprint density at radius 3 is 2.74 bits per heavy atom. The fourth-order valence-corrected chi connectivity index (χ4v) is 2.98. The number of oxazole rings is 1. The fraction of sp³-hybridized carbons (Fsp3) is 0.714. The van der Waals surface area contributed by atoms with Gasteiger partial charge in [0.15, 0.2) is 5.89 Å². The van der Waals surface area contributed by atoms with E-state index < -0.39 is 0 Å². The lowest BCUT2D eigenvalue weighted by Gasteiger charge is -2.19. The van der Waals surface area contributed by atoms with Crippen molar-refractivity contribution >= 4 is 5.91 Å². The number of aromatic nitrogens is 1. The van der Waals surface area contributed by atoms with Crippen LogP contribution in [0.1, 0.15) is 60.9 Å². The molecule has 104 valence electrons. The van der Waals surface area contributed by atoms with E-state index in [0.29, 0.717) is 17.7 Å². The summed E-state index contributed by atoms with van der Waals surface area (Å²) in [5.41, 5.74) is 0. The number of carbonyl (C=O) groups excluding carboxylic acids is 1. The molecule has 0 unspecified atom stereocenters. The second-order valence-corrected chi connectivity index (χ2v) is 5.54. The van der Waals surface area contributed by atoms with Gasteiger partial charge in [0.05, 0.1) is 6.20 Å². The van der Waals surface area contributed by atoms with Crippen LogP contribution in [-0.4, -0.2) is 30.0 Å². The van der Waals surface area contributed by atoms with E-state index in [2.05, 4.69) is 15.6 Å². The van der Waals surface area contributed by atoms with Crippen molar-refractivity contribution < 1.29 is 9.21 Å². The first-order valence-corrected chi connectivity index (χ1v) is 7.30. The van der Waals surface area contributed by atoms with Crippen LogP contribution in [0.3, 0.4) is 0 Å². The zero-order valence-corrected chi connectivity index (χ0v) is 11.2. The Balaban J connectivity index is 1.61. The molecule has 1 aromatic rings. The van der Waals surface area contributed by atoms with Gasteiger partial charge in [0.25, 0.3) is 5.91 Å². The van der Waals surface area contributed by atoms with Gasteiger partial charge < -0.3 is 15.1 Å². The van der Waals surface area contributed by atoms with Crippen LogP contribution in [-0.2, 0) is 0 Å². The molecule has 2 fully saturated rings.